The van der Waals surface area contributed by atoms with E-state index in [0.717, 1.165) is 58.2 Å². The predicted octanol–water partition coefficient (Wildman–Crippen LogP) is 4.89. The van der Waals surface area contributed by atoms with Gasteiger partial charge in [-0.1, -0.05) is 55.1 Å². The van der Waals surface area contributed by atoms with Gasteiger partial charge in [0.25, 0.3) is 0 Å². The molecule has 0 radical (unpaired) electrons. The summed E-state index contributed by atoms with van der Waals surface area (Å²) in [5, 5.41) is 3.44. The van der Waals surface area contributed by atoms with E-state index in [2.05, 4.69) is 84.0 Å². The largest absolute Gasteiger partial charge is 0.375 e. The Balaban J connectivity index is 1.38. The molecule has 1 saturated carbocycles. The van der Waals surface area contributed by atoms with Gasteiger partial charge in [-0.25, -0.2) is 4.79 Å². The van der Waals surface area contributed by atoms with Crippen molar-refractivity contribution in [2.75, 3.05) is 33.7 Å². The standard InChI is InChI=1S/C28H40N4O/c1-5-6-8-11-23(2)31-20-14-25(15-21-31)32-22-27(29-26(32)33)16-18-28(19-17-27,30(3)4)24-12-9-7-10-13-24/h5-13,25H,1,14-22H2,2-4H3,(H,29,33)/b8-6-,23-11+/t27-,28+. The number of benzene rings is 1. The summed E-state index contributed by atoms with van der Waals surface area (Å²) in [6, 6.07) is 11.4. The number of carbonyl (C=O) groups excluding carboxylic acids is 1. The Morgan fingerprint density at radius 3 is 2.36 bits per heavy atom. The van der Waals surface area contributed by atoms with Gasteiger partial charge < -0.3 is 15.1 Å². The second kappa shape index (κ2) is 9.76. The fraction of sp³-hybridized carbons (Fsp3) is 0.536. The first-order chi connectivity index (χ1) is 15.9. The third-order valence-electron chi connectivity index (χ3n) is 8.30. The number of urea groups is 1. The van der Waals surface area contributed by atoms with Crippen LogP contribution in [0, 0.1) is 0 Å². The lowest BCUT2D eigenvalue weighted by Crippen LogP contribution is -2.54. The van der Waals surface area contributed by atoms with Gasteiger partial charge >= 0.3 is 6.03 Å². The fourth-order valence-corrected chi connectivity index (χ4v) is 6.11. The van der Waals surface area contributed by atoms with Gasteiger partial charge in [0.05, 0.1) is 5.54 Å². The van der Waals surface area contributed by atoms with E-state index in [1.165, 1.54) is 11.3 Å². The summed E-state index contributed by atoms with van der Waals surface area (Å²) in [4.78, 5) is 20.0. The van der Waals surface area contributed by atoms with Crippen LogP contribution < -0.4 is 5.32 Å². The molecule has 178 valence electrons. The minimum atomic E-state index is -0.0756. The molecule has 4 rings (SSSR count). The van der Waals surface area contributed by atoms with Gasteiger partial charge in [0, 0.05) is 36.9 Å². The van der Waals surface area contributed by atoms with E-state index in [4.69, 9.17) is 0 Å². The lowest BCUT2D eigenvalue weighted by atomic mass is 9.69. The highest BCUT2D eigenvalue weighted by molar-refractivity contribution is 5.78. The van der Waals surface area contributed by atoms with Crippen LogP contribution in [0.25, 0.3) is 0 Å². The van der Waals surface area contributed by atoms with Crippen molar-refractivity contribution < 1.29 is 4.79 Å². The third kappa shape index (κ3) is 4.74. The average Bonchev–Trinajstić information content (AvgIpc) is 3.16. The molecule has 1 aromatic rings. The molecule has 1 aliphatic carbocycles. The number of nitrogens with zero attached hydrogens (tertiary/aromatic N) is 3. The lowest BCUT2D eigenvalue weighted by Gasteiger charge is -2.49. The molecule has 5 nitrogen and oxygen atoms in total. The number of piperidine rings is 1. The Kier molecular flexibility index (Phi) is 6.99. The van der Waals surface area contributed by atoms with Crippen LogP contribution in [-0.2, 0) is 5.54 Å². The number of amides is 2. The Hall–Kier alpha value is -2.53. The van der Waals surface area contributed by atoms with Crippen LogP contribution >= 0.6 is 0 Å². The molecule has 2 amide bonds. The number of hydrogen-bond donors (Lipinski definition) is 1. The van der Waals surface area contributed by atoms with Crippen LogP contribution in [0.4, 0.5) is 4.79 Å². The van der Waals surface area contributed by atoms with E-state index in [1.54, 1.807) is 6.08 Å². The van der Waals surface area contributed by atoms with Crippen LogP contribution in [0.1, 0.15) is 51.0 Å². The topological polar surface area (TPSA) is 38.8 Å². The van der Waals surface area contributed by atoms with Crippen molar-refractivity contribution in [1.82, 2.24) is 20.0 Å². The summed E-state index contributed by atoms with van der Waals surface area (Å²) < 4.78 is 0. The molecule has 0 atom stereocenters. The Bertz CT molecular complexity index is 888. The van der Waals surface area contributed by atoms with E-state index in [1.807, 2.05) is 12.2 Å². The van der Waals surface area contributed by atoms with Crippen molar-refractivity contribution in [3.63, 3.8) is 0 Å². The molecule has 3 fully saturated rings. The van der Waals surface area contributed by atoms with Crippen molar-refractivity contribution in [2.24, 2.45) is 0 Å². The zero-order valence-corrected chi connectivity index (χ0v) is 20.6. The van der Waals surface area contributed by atoms with Gasteiger partial charge in [-0.3, -0.25) is 4.90 Å². The molecule has 1 N–H and O–H groups in total. The maximum atomic E-state index is 13.1. The van der Waals surface area contributed by atoms with Crippen LogP contribution in [0.2, 0.25) is 0 Å². The first-order valence-corrected chi connectivity index (χ1v) is 12.4. The molecule has 0 unspecified atom stereocenters. The number of hydrogen-bond acceptors (Lipinski definition) is 3. The summed E-state index contributed by atoms with van der Waals surface area (Å²) in [6.07, 6.45) is 14.2. The zero-order valence-electron chi connectivity index (χ0n) is 20.6. The molecule has 1 aromatic carbocycles. The highest BCUT2D eigenvalue weighted by Crippen LogP contribution is 2.46. The summed E-state index contributed by atoms with van der Waals surface area (Å²) in [5.74, 6) is 0. The highest BCUT2D eigenvalue weighted by atomic mass is 16.2. The first-order valence-electron chi connectivity index (χ1n) is 12.4. The van der Waals surface area contributed by atoms with E-state index in [-0.39, 0.29) is 17.1 Å². The van der Waals surface area contributed by atoms with E-state index in [0.29, 0.717) is 6.04 Å². The predicted molar refractivity (Wildman–Crippen MR) is 136 cm³/mol. The maximum absolute atomic E-state index is 13.1. The van der Waals surface area contributed by atoms with Crippen molar-refractivity contribution in [2.45, 2.75) is 62.6 Å². The molecule has 1 spiro atoms. The Labute approximate surface area is 199 Å². The third-order valence-corrected chi connectivity index (χ3v) is 8.30. The first kappa shape index (κ1) is 23.6. The van der Waals surface area contributed by atoms with Gasteiger partial charge in [-0.05, 0) is 71.2 Å². The number of allylic oxidation sites excluding steroid dienone is 5. The second-order valence-electron chi connectivity index (χ2n) is 10.3. The van der Waals surface area contributed by atoms with Crippen molar-refractivity contribution in [3.8, 4) is 0 Å². The van der Waals surface area contributed by atoms with Crippen LogP contribution in [0.15, 0.2) is 66.9 Å². The number of carbonyl (C=O) groups is 1. The number of nitrogens with one attached hydrogen (secondary N) is 1. The SMILES string of the molecule is C=C/C=C\C=C(/C)N1CCC(N2C[C@]3(CC[C@](c4ccccc4)(N(C)C)CC3)NC2=O)CC1. The van der Waals surface area contributed by atoms with E-state index >= 15 is 0 Å². The highest BCUT2D eigenvalue weighted by Gasteiger charge is 2.51. The van der Waals surface area contributed by atoms with Gasteiger partial charge in [0.1, 0.15) is 0 Å². The van der Waals surface area contributed by atoms with Gasteiger partial charge in [-0.2, -0.15) is 0 Å². The average molecular weight is 449 g/mol. The van der Waals surface area contributed by atoms with Crippen molar-refractivity contribution in [3.05, 3.63) is 72.5 Å². The Morgan fingerprint density at radius 1 is 1.09 bits per heavy atom. The fourth-order valence-electron chi connectivity index (χ4n) is 6.11. The van der Waals surface area contributed by atoms with Crippen LogP contribution in [0.3, 0.4) is 0 Å². The van der Waals surface area contributed by atoms with E-state index < -0.39 is 0 Å². The molecule has 0 bridgehead atoms. The van der Waals surface area contributed by atoms with E-state index in [9.17, 15) is 4.79 Å². The zero-order chi connectivity index (χ0) is 23.5. The van der Waals surface area contributed by atoms with Crippen LogP contribution in [0.5, 0.6) is 0 Å². The van der Waals surface area contributed by atoms with Crippen molar-refractivity contribution in [1.29, 1.82) is 0 Å². The molecular formula is C28H40N4O. The molecule has 0 aromatic heterocycles. The van der Waals surface area contributed by atoms with Gasteiger partial charge in [0.2, 0.25) is 0 Å². The summed E-state index contributed by atoms with van der Waals surface area (Å²) in [7, 11) is 4.39. The Morgan fingerprint density at radius 2 is 1.76 bits per heavy atom. The smallest absolute Gasteiger partial charge is 0.318 e. The molecule has 2 heterocycles. The molecule has 2 saturated heterocycles. The molecule has 2 aliphatic heterocycles. The van der Waals surface area contributed by atoms with Gasteiger partial charge in [-0.15, -0.1) is 0 Å². The molecular weight excluding hydrogens is 408 g/mol. The quantitative estimate of drug-likeness (QED) is 0.630. The molecule has 3 aliphatic rings. The number of rotatable bonds is 6. The van der Waals surface area contributed by atoms with Gasteiger partial charge in [0.15, 0.2) is 0 Å². The number of likely N-dealkylation sites (tertiary alicyclic amines) is 1. The summed E-state index contributed by atoms with van der Waals surface area (Å²) >= 11 is 0. The summed E-state index contributed by atoms with van der Waals surface area (Å²) in [5.41, 5.74) is 2.65. The minimum absolute atomic E-state index is 0.0555. The minimum Gasteiger partial charge on any atom is -0.375 e. The van der Waals surface area contributed by atoms with Crippen molar-refractivity contribution >= 4 is 6.03 Å². The molecule has 33 heavy (non-hydrogen) atoms. The van der Waals surface area contributed by atoms with Crippen LogP contribution in [-0.4, -0.2) is 66.0 Å². The normalized spacial score (nSPS) is 29.3. The monoisotopic (exact) mass is 448 g/mol. The second-order valence-corrected chi connectivity index (χ2v) is 10.3. The molecule has 5 heteroatoms. The lowest BCUT2D eigenvalue weighted by molar-refractivity contribution is 0.0586. The maximum Gasteiger partial charge on any atom is 0.318 e. The summed E-state index contributed by atoms with van der Waals surface area (Å²) in [6.45, 7) is 8.75.